The molecular formula is C14H19BrFNO3. The number of nitrogens with one attached hydrogen (secondary N) is 1. The quantitative estimate of drug-likeness (QED) is 0.860. The van der Waals surface area contributed by atoms with Crippen molar-refractivity contribution in [3.63, 3.8) is 0 Å². The summed E-state index contributed by atoms with van der Waals surface area (Å²) in [6.07, 6.45) is 0. The molecule has 0 aliphatic carbocycles. The van der Waals surface area contributed by atoms with Crippen molar-refractivity contribution >= 4 is 21.8 Å². The summed E-state index contributed by atoms with van der Waals surface area (Å²) in [6, 6.07) is 3.95. The smallest absolute Gasteiger partial charge is 0.258 e. The fraction of sp³-hybridized carbons (Fsp3) is 0.500. The second-order valence-electron chi connectivity index (χ2n) is 5.60. The van der Waals surface area contributed by atoms with Crippen LogP contribution in [0.3, 0.4) is 0 Å². The lowest BCUT2D eigenvalue weighted by Gasteiger charge is -2.37. The Bertz CT molecular complexity index is 498. The molecule has 20 heavy (non-hydrogen) atoms. The van der Waals surface area contributed by atoms with Gasteiger partial charge in [-0.05, 0) is 61.8 Å². The summed E-state index contributed by atoms with van der Waals surface area (Å²) in [7, 11) is 0. The number of hydrogen-bond acceptors (Lipinski definition) is 3. The third kappa shape index (κ3) is 4.45. The lowest BCUT2D eigenvalue weighted by Crippen LogP contribution is -2.58. The van der Waals surface area contributed by atoms with Gasteiger partial charge in [-0.25, -0.2) is 4.39 Å². The first-order chi connectivity index (χ1) is 9.03. The lowest BCUT2D eigenvalue weighted by molar-refractivity contribution is -0.128. The van der Waals surface area contributed by atoms with E-state index in [4.69, 9.17) is 4.74 Å². The van der Waals surface area contributed by atoms with Crippen molar-refractivity contribution in [3.05, 3.63) is 28.5 Å². The van der Waals surface area contributed by atoms with E-state index in [-0.39, 0.29) is 12.5 Å². The minimum Gasteiger partial charge on any atom is -0.483 e. The van der Waals surface area contributed by atoms with Crippen molar-refractivity contribution in [2.24, 2.45) is 0 Å². The predicted molar refractivity (Wildman–Crippen MR) is 78.1 cm³/mol. The van der Waals surface area contributed by atoms with E-state index in [1.807, 2.05) is 0 Å². The summed E-state index contributed by atoms with van der Waals surface area (Å²) in [5.74, 6) is -0.382. The van der Waals surface area contributed by atoms with Crippen LogP contribution in [0.15, 0.2) is 22.7 Å². The number of ether oxygens (including phenoxy) is 1. The highest BCUT2D eigenvalue weighted by Crippen LogP contribution is 2.25. The molecule has 0 spiro atoms. The molecule has 0 unspecified atom stereocenters. The molecule has 0 saturated heterocycles. The van der Waals surface area contributed by atoms with Gasteiger partial charge < -0.3 is 15.2 Å². The van der Waals surface area contributed by atoms with Crippen LogP contribution in [0.5, 0.6) is 5.75 Å². The number of rotatable bonds is 5. The second kappa shape index (κ2) is 6.10. The van der Waals surface area contributed by atoms with E-state index in [2.05, 4.69) is 21.2 Å². The van der Waals surface area contributed by atoms with Crippen LogP contribution in [0.4, 0.5) is 4.39 Å². The van der Waals surface area contributed by atoms with Gasteiger partial charge in [-0.15, -0.1) is 0 Å². The van der Waals surface area contributed by atoms with Gasteiger partial charge in [0.15, 0.2) is 6.61 Å². The SMILES string of the molecule is CC(C)(O)C(C)(C)NC(=O)COc1ccc(F)cc1Br. The summed E-state index contributed by atoms with van der Waals surface area (Å²) in [4.78, 5) is 11.8. The monoisotopic (exact) mass is 347 g/mol. The van der Waals surface area contributed by atoms with Crippen molar-refractivity contribution in [2.45, 2.75) is 38.8 Å². The first kappa shape index (κ1) is 16.9. The molecule has 0 heterocycles. The zero-order chi connectivity index (χ0) is 15.6. The Hall–Kier alpha value is -1.14. The highest BCUT2D eigenvalue weighted by Gasteiger charge is 2.36. The Kier molecular flexibility index (Phi) is 5.15. The first-order valence-corrected chi connectivity index (χ1v) is 6.93. The Labute approximate surface area is 126 Å². The Morgan fingerprint density at radius 3 is 2.50 bits per heavy atom. The third-order valence-electron chi connectivity index (χ3n) is 3.23. The van der Waals surface area contributed by atoms with Crippen LogP contribution in [0, 0.1) is 5.82 Å². The average molecular weight is 348 g/mol. The fourth-order valence-electron chi connectivity index (χ4n) is 1.27. The minimum atomic E-state index is -1.07. The van der Waals surface area contributed by atoms with E-state index in [9.17, 15) is 14.3 Å². The molecule has 1 rings (SSSR count). The molecule has 0 aliphatic heterocycles. The maximum atomic E-state index is 12.9. The largest absolute Gasteiger partial charge is 0.483 e. The zero-order valence-electron chi connectivity index (χ0n) is 12.0. The van der Waals surface area contributed by atoms with Gasteiger partial charge in [-0.3, -0.25) is 4.79 Å². The van der Waals surface area contributed by atoms with Crippen LogP contribution in [-0.2, 0) is 4.79 Å². The molecule has 0 radical (unpaired) electrons. The molecule has 0 saturated carbocycles. The van der Waals surface area contributed by atoms with Gasteiger partial charge in [0.25, 0.3) is 5.91 Å². The molecule has 0 aromatic heterocycles. The van der Waals surface area contributed by atoms with Crippen LogP contribution in [0.25, 0.3) is 0 Å². The number of aliphatic hydroxyl groups is 1. The molecule has 0 aliphatic rings. The lowest BCUT2D eigenvalue weighted by atomic mass is 9.86. The number of hydrogen-bond donors (Lipinski definition) is 2. The van der Waals surface area contributed by atoms with Crippen molar-refractivity contribution in [3.8, 4) is 5.75 Å². The van der Waals surface area contributed by atoms with Crippen LogP contribution in [0.1, 0.15) is 27.7 Å². The van der Waals surface area contributed by atoms with E-state index < -0.39 is 17.0 Å². The van der Waals surface area contributed by atoms with Crippen molar-refractivity contribution in [1.29, 1.82) is 0 Å². The Morgan fingerprint density at radius 2 is 2.00 bits per heavy atom. The normalized spacial score (nSPS) is 12.2. The topological polar surface area (TPSA) is 58.6 Å². The molecule has 0 atom stereocenters. The first-order valence-electron chi connectivity index (χ1n) is 6.14. The Balaban J connectivity index is 2.60. The van der Waals surface area contributed by atoms with Gasteiger partial charge in [0.2, 0.25) is 0 Å². The highest BCUT2D eigenvalue weighted by atomic mass is 79.9. The third-order valence-corrected chi connectivity index (χ3v) is 3.85. The number of benzene rings is 1. The van der Waals surface area contributed by atoms with E-state index in [0.717, 1.165) is 0 Å². The van der Waals surface area contributed by atoms with Crippen LogP contribution >= 0.6 is 15.9 Å². The van der Waals surface area contributed by atoms with Gasteiger partial charge in [-0.2, -0.15) is 0 Å². The summed E-state index contributed by atoms with van der Waals surface area (Å²) in [5.41, 5.74) is -1.87. The molecule has 2 N–H and O–H groups in total. The van der Waals surface area contributed by atoms with Crippen LogP contribution in [-0.4, -0.2) is 28.8 Å². The number of amides is 1. The van der Waals surface area contributed by atoms with Crippen molar-refractivity contribution in [2.75, 3.05) is 6.61 Å². The van der Waals surface area contributed by atoms with E-state index >= 15 is 0 Å². The van der Waals surface area contributed by atoms with Crippen molar-refractivity contribution in [1.82, 2.24) is 5.32 Å². The average Bonchev–Trinajstić information content (AvgIpc) is 2.25. The van der Waals surface area contributed by atoms with Gasteiger partial charge in [0, 0.05) is 0 Å². The molecule has 0 bridgehead atoms. The minimum absolute atomic E-state index is 0.219. The summed E-state index contributed by atoms with van der Waals surface area (Å²) >= 11 is 3.15. The van der Waals surface area contributed by atoms with Crippen LogP contribution < -0.4 is 10.1 Å². The number of halogens is 2. The molecule has 1 amide bonds. The summed E-state index contributed by atoms with van der Waals surface area (Å²) in [6.45, 7) is 6.45. The highest BCUT2D eigenvalue weighted by molar-refractivity contribution is 9.10. The molecule has 1 aromatic carbocycles. The Morgan fingerprint density at radius 1 is 1.40 bits per heavy atom. The number of carbonyl (C=O) groups excluding carboxylic acids is 1. The molecule has 4 nitrogen and oxygen atoms in total. The van der Waals surface area contributed by atoms with Gasteiger partial charge in [0.1, 0.15) is 11.6 Å². The zero-order valence-corrected chi connectivity index (χ0v) is 13.5. The molecule has 6 heteroatoms. The van der Waals surface area contributed by atoms with E-state index in [0.29, 0.717) is 10.2 Å². The van der Waals surface area contributed by atoms with Gasteiger partial charge in [0.05, 0.1) is 15.6 Å². The predicted octanol–water partition coefficient (Wildman–Crippen LogP) is 2.63. The summed E-state index contributed by atoms with van der Waals surface area (Å²) < 4.78 is 18.6. The molecule has 112 valence electrons. The van der Waals surface area contributed by atoms with Crippen LogP contribution in [0.2, 0.25) is 0 Å². The van der Waals surface area contributed by atoms with E-state index in [1.54, 1.807) is 27.7 Å². The molecule has 1 aromatic rings. The maximum absolute atomic E-state index is 12.9. The van der Waals surface area contributed by atoms with Crippen molar-refractivity contribution < 1.29 is 19.0 Å². The fourth-order valence-corrected chi connectivity index (χ4v) is 1.74. The number of carbonyl (C=O) groups is 1. The molecular weight excluding hydrogens is 329 g/mol. The second-order valence-corrected chi connectivity index (χ2v) is 6.45. The van der Waals surface area contributed by atoms with Gasteiger partial charge >= 0.3 is 0 Å². The molecule has 0 fully saturated rings. The maximum Gasteiger partial charge on any atom is 0.258 e. The van der Waals surface area contributed by atoms with Gasteiger partial charge in [-0.1, -0.05) is 0 Å². The summed E-state index contributed by atoms with van der Waals surface area (Å²) in [5, 5.41) is 12.6. The van der Waals surface area contributed by atoms with E-state index in [1.165, 1.54) is 18.2 Å². The standard InChI is InChI=1S/C14H19BrFNO3/c1-13(2,14(3,4)19)17-12(18)8-20-11-6-5-9(16)7-10(11)15/h5-7,19H,8H2,1-4H3,(H,17,18).